The number of benzene rings is 8. The van der Waals surface area contributed by atoms with Crippen LogP contribution < -0.4 is 14.5 Å². The summed E-state index contributed by atoms with van der Waals surface area (Å²) in [5.41, 5.74) is 11.0. The molecule has 3 heteroatoms. The molecule has 1 aliphatic heterocycles. The van der Waals surface area contributed by atoms with E-state index in [2.05, 4.69) is 204 Å². The maximum atomic E-state index is 6.99. The van der Waals surface area contributed by atoms with E-state index in [0.29, 0.717) is 0 Å². The van der Waals surface area contributed by atoms with E-state index >= 15 is 0 Å². The van der Waals surface area contributed by atoms with Gasteiger partial charge in [0.25, 0.3) is 0 Å². The summed E-state index contributed by atoms with van der Waals surface area (Å²) in [4.78, 5) is 4.56. The second-order valence-electron chi connectivity index (χ2n) is 12.2. The molecule has 1 aliphatic rings. The first-order valence-electron chi connectivity index (χ1n) is 16.6. The van der Waals surface area contributed by atoms with E-state index in [9.17, 15) is 0 Å². The first kappa shape index (κ1) is 28.6. The molecule has 232 valence electrons. The number of fused-ring (bicyclic) bond motifs is 2. The van der Waals surface area contributed by atoms with Crippen molar-refractivity contribution in [3.8, 4) is 33.8 Å². The standard InChI is InChI=1S/C46H32N2O/c1-5-15-36(16-6-1)47(37-17-7-2-8-18-37)40-28-24-33(25-29-40)35-26-30-41-42-23-13-14-34-27-31-43(46(45(34)42)49-44(41)32-35)48(38-19-9-3-10-20-38)39-21-11-4-12-22-39/h1-32H. The topological polar surface area (TPSA) is 15.7 Å². The molecular formula is C46H32N2O. The molecule has 0 unspecified atom stereocenters. The van der Waals surface area contributed by atoms with Crippen molar-refractivity contribution >= 4 is 44.9 Å². The van der Waals surface area contributed by atoms with Crippen LogP contribution >= 0.6 is 0 Å². The van der Waals surface area contributed by atoms with Gasteiger partial charge in [-0.25, -0.2) is 0 Å². The quantitative estimate of drug-likeness (QED) is 0.175. The van der Waals surface area contributed by atoms with E-state index < -0.39 is 0 Å². The minimum Gasteiger partial charge on any atom is -0.454 e. The second-order valence-corrected chi connectivity index (χ2v) is 12.2. The fourth-order valence-electron chi connectivity index (χ4n) is 6.94. The zero-order valence-electron chi connectivity index (χ0n) is 26.8. The Bertz CT molecular complexity index is 2310. The van der Waals surface area contributed by atoms with Crippen LogP contribution in [0.25, 0.3) is 33.0 Å². The number of nitrogens with zero attached hydrogens (tertiary/aromatic N) is 2. The normalized spacial score (nSPS) is 11.4. The van der Waals surface area contributed by atoms with Gasteiger partial charge in [-0.15, -0.1) is 0 Å². The second kappa shape index (κ2) is 12.2. The molecule has 9 rings (SSSR count). The van der Waals surface area contributed by atoms with Crippen LogP contribution in [0, 0.1) is 0 Å². The lowest BCUT2D eigenvalue weighted by Crippen LogP contribution is -2.12. The van der Waals surface area contributed by atoms with Crippen LogP contribution in [-0.2, 0) is 0 Å². The Morgan fingerprint density at radius 1 is 0.347 bits per heavy atom. The minimum atomic E-state index is 0.852. The maximum Gasteiger partial charge on any atom is 0.159 e. The van der Waals surface area contributed by atoms with Crippen LogP contribution in [-0.4, -0.2) is 0 Å². The summed E-state index contributed by atoms with van der Waals surface area (Å²) in [7, 11) is 0. The lowest BCUT2D eigenvalue weighted by molar-refractivity contribution is 0.488. The van der Waals surface area contributed by atoms with Crippen LogP contribution in [0.5, 0.6) is 11.5 Å². The Hall–Kier alpha value is -6.58. The molecule has 0 aliphatic carbocycles. The fraction of sp³-hybridized carbons (Fsp3) is 0. The fourth-order valence-corrected chi connectivity index (χ4v) is 6.94. The molecule has 0 bridgehead atoms. The minimum absolute atomic E-state index is 0.852. The van der Waals surface area contributed by atoms with E-state index in [-0.39, 0.29) is 0 Å². The average Bonchev–Trinajstić information content (AvgIpc) is 3.18. The lowest BCUT2D eigenvalue weighted by Gasteiger charge is -2.30. The van der Waals surface area contributed by atoms with Gasteiger partial charge in [0, 0.05) is 39.4 Å². The number of rotatable bonds is 7. The van der Waals surface area contributed by atoms with Gasteiger partial charge in [0.1, 0.15) is 5.75 Å². The van der Waals surface area contributed by atoms with Gasteiger partial charge < -0.3 is 14.5 Å². The number of hydrogen-bond acceptors (Lipinski definition) is 3. The molecule has 8 aromatic rings. The monoisotopic (exact) mass is 628 g/mol. The highest BCUT2D eigenvalue weighted by Gasteiger charge is 2.26. The first-order chi connectivity index (χ1) is 24.3. The summed E-state index contributed by atoms with van der Waals surface area (Å²) >= 11 is 0. The van der Waals surface area contributed by atoms with Gasteiger partial charge in [0.2, 0.25) is 0 Å². The van der Waals surface area contributed by atoms with Crippen molar-refractivity contribution < 1.29 is 4.74 Å². The van der Waals surface area contributed by atoms with E-state index in [4.69, 9.17) is 4.74 Å². The molecule has 0 aromatic heterocycles. The highest BCUT2D eigenvalue weighted by Crippen LogP contribution is 2.53. The van der Waals surface area contributed by atoms with Gasteiger partial charge in [0.05, 0.1) is 5.69 Å². The van der Waals surface area contributed by atoms with Crippen LogP contribution in [0.3, 0.4) is 0 Å². The van der Waals surface area contributed by atoms with Crippen molar-refractivity contribution in [2.24, 2.45) is 0 Å². The number of ether oxygens (including phenoxy) is 1. The summed E-state index contributed by atoms with van der Waals surface area (Å²) in [6, 6.07) is 68.3. The molecule has 0 saturated carbocycles. The van der Waals surface area contributed by atoms with Gasteiger partial charge >= 0.3 is 0 Å². The molecule has 0 atom stereocenters. The zero-order valence-corrected chi connectivity index (χ0v) is 26.8. The molecule has 0 N–H and O–H groups in total. The van der Waals surface area contributed by atoms with E-state index in [1.165, 1.54) is 5.56 Å². The van der Waals surface area contributed by atoms with Gasteiger partial charge in [0.15, 0.2) is 5.75 Å². The highest BCUT2D eigenvalue weighted by atomic mass is 16.5. The first-order valence-corrected chi connectivity index (χ1v) is 16.6. The number of para-hydroxylation sites is 4. The third kappa shape index (κ3) is 5.18. The Morgan fingerprint density at radius 2 is 0.857 bits per heavy atom. The molecule has 8 aromatic carbocycles. The Labute approximate surface area is 286 Å². The summed E-state index contributed by atoms with van der Waals surface area (Å²) in [6.07, 6.45) is 0. The summed E-state index contributed by atoms with van der Waals surface area (Å²) in [5, 5.41) is 2.28. The largest absolute Gasteiger partial charge is 0.454 e. The van der Waals surface area contributed by atoms with E-state index in [1.54, 1.807) is 0 Å². The zero-order chi connectivity index (χ0) is 32.6. The van der Waals surface area contributed by atoms with Crippen LogP contribution in [0.15, 0.2) is 194 Å². The van der Waals surface area contributed by atoms with Gasteiger partial charge in [-0.2, -0.15) is 0 Å². The lowest BCUT2D eigenvalue weighted by atomic mass is 9.92. The smallest absolute Gasteiger partial charge is 0.159 e. The molecule has 3 nitrogen and oxygen atoms in total. The third-order valence-electron chi connectivity index (χ3n) is 9.22. The van der Waals surface area contributed by atoms with Crippen molar-refractivity contribution in [3.63, 3.8) is 0 Å². The number of hydrogen-bond donors (Lipinski definition) is 0. The predicted octanol–water partition coefficient (Wildman–Crippen LogP) is 13.2. The molecule has 1 heterocycles. The van der Waals surface area contributed by atoms with Crippen LogP contribution in [0.4, 0.5) is 34.1 Å². The Kier molecular flexibility index (Phi) is 7.14. The number of anilines is 6. The van der Waals surface area contributed by atoms with Crippen LogP contribution in [0.1, 0.15) is 0 Å². The van der Waals surface area contributed by atoms with Gasteiger partial charge in [-0.05, 0) is 101 Å². The molecule has 49 heavy (non-hydrogen) atoms. The molecule has 0 spiro atoms. The SMILES string of the molecule is c1ccc(N(c2ccccc2)c2ccc(-c3ccc4c(c3)Oc3c(N(c5ccccc5)c5ccccc5)ccc5cccc-4c35)cc2)cc1. The molecule has 0 fully saturated rings. The molecule has 0 saturated heterocycles. The molecule has 0 radical (unpaired) electrons. The maximum absolute atomic E-state index is 6.99. The van der Waals surface area contributed by atoms with Gasteiger partial charge in [-0.3, -0.25) is 0 Å². The van der Waals surface area contributed by atoms with Crippen molar-refractivity contribution in [3.05, 3.63) is 194 Å². The summed E-state index contributed by atoms with van der Waals surface area (Å²) in [6.45, 7) is 0. The van der Waals surface area contributed by atoms with Crippen molar-refractivity contribution in [2.75, 3.05) is 9.80 Å². The van der Waals surface area contributed by atoms with Crippen molar-refractivity contribution in [1.29, 1.82) is 0 Å². The molecular weight excluding hydrogens is 597 g/mol. The average molecular weight is 629 g/mol. The summed E-state index contributed by atoms with van der Waals surface area (Å²) in [5.74, 6) is 1.72. The van der Waals surface area contributed by atoms with E-state index in [1.807, 2.05) is 0 Å². The van der Waals surface area contributed by atoms with Gasteiger partial charge in [-0.1, -0.05) is 115 Å². The molecule has 0 amide bonds. The Balaban J connectivity index is 1.13. The summed E-state index contributed by atoms with van der Waals surface area (Å²) < 4.78 is 6.99. The van der Waals surface area contributed by atoms with Crippen LogP contribution in [0.2, 0.25) is 0 Å². The van der Waals surface area contributed by atoms with Crippen molar-refractivity contribution in [1.82, 2.24) is 0 Å². The van der Waals surface area contributed by atoms with E-state index in [0.717, 1.165) is 73.1 Å². The van der Waals surface area contributed by atoms with Crippen molar-refractivity contribution in [2.45, 2.75) is 0 Å². The Morgan fingerprint density at radius 3 is 1.43 bits per heavy atom. The third-order valence-corrected chi connectivity index (χ3v) is 9.22. The predicted molar refractivity (Wildman–Crippen MR) is 204 cm³/mol. The highest BCUT2D eigenvalue weighted by molar-refractivity contribution is 6.08.